The Morgan fingerprint density at radius 1 is 1.27 bits per heavy atom. The van der Waals surface area contributed by atoms with E-state index in [4.69, 9.17) is 10.3 Å². The normalized spacial score (nSPS) is 20.7. The Kier molecular flexibility index (Phi) is 4.63. The Morgan fingerprint density at radius 3 is 2.92 bits per heavy atom. The van der Waals surface area contributed by atoms with E-state index >= 15 is 0 Å². The van der Waals surface area contributed by atoms with Gasteiger partial charge in [-0.1, -0.05) is 30.1 Å². The summed E-state index contributed by atoms with van der Waals surface area (Å²) in [5.41, 5.74) is 7.79. The quantitative estimate of drug-likeness (QED) is 0.756. The van der Waals surface area contributed by atoms with Gasteiger partial charge in [0.2, 0.25) is 0 Å². The zero-order valence-electron chi connectivity index (χ0n) is 15.1. The van der Waals surface area contributed by atoms with Gasteiger partial charge in [0.05, 0.1) is 12.2 Å². The first-order valence-corrected chi connectivity index (χ1v) is 9.35. The van der Waals surface area contributed by atoms with Gasteiger partial charge >= 0.3 is 5.69 Å². The molecule has 0 aliphatic heterocycles. The van der Waals surface area contributed by atoms with Crippen molar-refractivity contribution in [3.05, 3.63) is 46.3 Å². The largest absolute Gasteiger partial charge is 0.356 e. The lowest BCUT2D eigenvalue weighted by Crippen LogP contribution is -2.35. The SMILES string of the molecule is Cn1c(C[C@H]2CCCC[C@H]2N)nn(CCc2noc3ccccc23)c1=O. The third-order valence-electron chi connectivity index (χ3n) is 5.56. The van der Waals surface area contributed by atoms with E-state index in [0.717, 1.165) is 41.8 Å². The first kappa shape index (κ1) is 17.0. The molecular formula is C19H25N5O2. The number of aromatic nitrogens is 4. The zero-order valence-corrected chi connectivity index (χ0v) is 15.1. The molecule has 1 aliphatic rings. The van der Waals surface area contributed by atoms with Crippen LogP contribution in [0.2, 0.25) is 0 Å². The van der Waals surface area contributed by atoms with Crippen LogP contribution in [0, 0.1) is 5.92 Å². The molecule has 2 N–H and O–H groups in total. The van der Waals surface area contributed by atoms with E-state index in [-0.39, 0.29) is 11.7 Å². The highest BCUT2D eigenvalue weighted by molar-refractivity contribution is 5.79. The van der Waals surface area contributed by atoms with Crippen molar-refractivity contribution in [1.82, 2.24) is 19.5 Å². The summed E-state index contributed by atoms with van der Waals surface area (Å²) in [7, 11) is 1.79. The van der Waals surface area contributed by atoms with Crippen molar-refractivity contribution in [2.24, 2.45) is 18.7 Å². The summed E-state index contributed by atoms with van der Waals surface area (Å²) in [5, 5.41) is 9.69. The summed E-state index contributed by atoms with van der Waals surface area (Å²) in [6.07, 6.45) is 5.98. The van der Waals surface area contributed by atoms with Crippen LogP contribution in [0.3, 0.4) is 0 Å². The second-order valence-electron chi connectivity index (χ2n) is 7.27. The second kappa shape index (κ2) is 7.07. The lowest BCUT2D eigenvalue weighted by atomic mass is 9.83. The molecule has 0 unspecified atom stereocenters. The van der Waals surface area contributed by atoms with Crippen molar-refractivity contribution in [3.63, 3.8) is 0 Å². The number of aryl methyl sites for hydroxylation is 2. The number of fused-ring (bicyclic) bond motifs is 1. The van der Waals surface area contributed by atoms with Gasteiger partial charge in [0.25, 0.3) is 0 Å². The van der Waals surface area contributed by atoms with Gasteiger partial charge < -0.3 is 10.3 Å². The molecule has 0 spiro atoms. The molecule has 0 bridgehead atoms. The van der Waals surface area contributed by atoms with Crippen molar-refractivity contribution >= 4 is 11.0 Å². The average Bonchev–Trinajstić information content (AvgIpc) is 3.18. The third-order valence-corrected chi connectivity index (χ3v) is 5.56. The van der Waals surface area contributed by atoms with Crippen LogP contribution >= 0.6 is 0 Å². The molecule has 7 nitrogen and oxygen atoms in total. The van der Waals surface area contributed by atoms with E-state index in [2.05, 4.69) is 10.3 Å². The fourth-order valence-corrected chi connectivity index (χ4v) is 3.91. The van der Waals surface area contributed by atoms with Crippen LogP contribution in [-0.2, 0) is 26.4 Å². The standard InChI is InChI=1S/C19H25N5O2/c1-23-18(12-13-6-2-4-8-15(13)20)21-24(19(23)25)11-10-16-14-7-3-5-9-17(14)26-22-16/h3,5,7,9,13,15H,2,4,6,8,10-12,20H2,1H3/t13-,15-/m1/s1. The fraction of sp³-hybridized carbons (Fsp3) is 0.526. The van der Waals surface area contributed by atoms with E-state index < -0.39 is 0 Å². The van der Waals surface area contributed by atoms with Crippen LogP contribution in [0.1, 0.15) is 37.2 Å². The van der Waals surface area contributed by atoms with E-state index in [9.17, 15) is 4.79 Å². The van der Waals surface area contributed by atoms with Gasteiger partial charge in [0, 0.05) is 31.3 Å². The summed E-state index contributed by atoms with van der Waals surface area (Å²) in [5.74, 6) is 1.24. The van der Waals surface area contributed by atoms with Gasteiger partial charge in [-0.15, -0.1) is 0 Å². The van der Waals surface area contributed by atoms with Crippen molar-refractivity contribution in [2.45, 2.75) is 51.1 Å². The van der Waals surface area contributed by atoms with Crippen molar-refractivity contribution in [2.75, 3.05) is 0 Å². The highest BCUT2D eigenvalue weighted by Gasteiger charge is 2.24. The Hall–Kier alpha value is -2.41. The Morgan fingerprint density at radius 2 is 2.08 bits per heavy atom. The minimum Gasteiger partial charge on any atom is -0.356 e. The Labute approximate surface area is 151 Å². The predicted molar refractivity (Wildman–Crippen MR) is 98.8 cm³/mol. The van der Waals surface area contributed by atoms with Gasteiger partial charge in [-0.05, 0) is 30.9 Å². The van der Waals surface area contributed by atoms with E-state index in [1.807, 2.05) is 24.3 Å². The van der Waals surface area contributed by atoms with Crippen LogP contribution in [0.4, 0.5) is 0 Å². The van der Waals surface area contributed by atoms with Crippen molar-refractivity contribution in [1.29, 1.82) is 0 Å². The molecular weight excluding hydrogens is 330 g/mol. The molecule has 0 amide bonds. The number of hydrogen-bond donors (Lipinski definition) is 1. The molecule has 2 atom stereocenters. The highest BCUT2D eigenvalue weighted by Crippen LogP contribution is 2.25. The topological polar surface area (TPSA) is 91.9 Å². The molecule has 2 heterocycles. The lowest BCUT2D eigenvalue weighted by molar-refractivity contribution is 0.300. The van der Waals surface area contributed by atoms with Gasteiger partial charge in [0.15, 0.2) is 5.58 Å². The number of para-hydroxylation sites is 1. The predicted octanol–water partition coefficient (Wildman–Crippen LogP) is 2.03. The van der Waals surface area contributed by atoms with Crippen LogP contribution in [0.15, 0.2) is 33.6 Å². The van der Waals surface area contributed by atoms with E-state index in [1.165, 1.54) is 17.5 Å². The first-order valence-electron chi connectivity index (χ1n) is 9.35. The molecule has 1 fully saturated rings. The van der Waals surface area contributed by atoms with Gasteiger partial charge in [-0.3, -0.25) is 4.57 Å². The van der Waals surface area contributed by atoms with Gasteiger partial charge in [-0.2, -0.15) is 5.10 Å². The molecule has 0 saturated heterocycles. The van der Waals surface area contributed by atoms with Crippen LogP contribution < -0.4 is 11.4 Å². The molecule has 138 valence electrons. The van der Waals surface area contributed by atoms with Crippen LogP contribution in [-0.4, -0.2) is 25.5 Å². The van der Waals surface area contributed by atoms with Crippen molar-refractivity contribution in [3.8, 4) is 0 Å². The molecule has 7 heteroatoms. The van der Waals surface area contributed by atoms with E-state index in [1.54, 1.807) is 11.6 Å². The number of nitrogens with zero attached hydrogens (tertiary/aromatic N) is 4. The summed E-state index contributed by atoms with van der Waals surface area (Å²) >= 11 is 0. The molecule has 1 aromatic carbocycles. The molecule has 4 rings (SSSR count). The molecule has 2 aromatic heterocycles. The average molecular weight is 355 g/mol. The molecule has 3 aromatic rings. The van der Waals surface area contributed by atoms with Crippen molar-refractivity contribution < 1.29 is 4.52 Å². The number of benzene rings is 1. The summed E-state index contributed by atoms with van der Waals surface area (Å²) in [6.45, 7) is 0.486. The zero-order chi connectivity index (χ0) is 18.1. The molecule has 0 radical (unpaired) electrons. The monoisotopic (exact) mass is 355 g/mol. The minimum absolute atomic E-state index is 0.0859. The van der Waals surface area contributed by atoms with Crippen LogP contribution in [0.25, 0.3) is 11.0 Å². The minimum atomic E-state index is -0.0859. The van der Waals surface area contributed by atoms with Crippen LogP contribution in [0.5, 0.6) is 0 Å². The maximum absolute atomic E-state index is 12.5. The maximum Gasteiger partial charge on any atom is 0.345 e. The number of nitrogens with two attached hydrogens (primary N) is 1. The summed E-state index contributed by atoms with van der Waals surface area (Å²) in [6, 6.07) is 7.97. The third kappa shape index (κ3) is 3.19. The smallest absolute Gasteiger partial charge is 0.345 e. The van der Waals surface area contributed by atoms with E-state index in [0.29, 0.717) is 18.9 Å². The fourth-order valence-electron chi connectivity index (χ4n) is 3.91. The summed E-state index contributed by atoms with van der Waals surface area (Å²) < 4.78 is 8.52. The number of rotatable bonds is 5. The number of hydrogen-bond acceptors (Lipinski definition) is 5. The Bertz CT molecular complexity index is 954. The van der Waals surface area contributed by atoms with Gasteiger partial charge in [-0.25, -0.2) is 9.48 Å². The lowest BCUT2D eigenvalue weighted by Gasteiger charge is -2.27. The molecule has 1 aliphatic carbocycles. The second-order valence-corrected chi connectivity index (χ2v) is 7.27. The maximum atomic E-state index is 12.5. The first-order chi connectivity index (χ1) is 12.6. The Balaban J connectivity index is 1.49. The summed E-state index contributed by atoms with van der Waals surface area (Å²) in [4.78, 5) is 12.5. The molecule has 26 heavy (non-hydrogen) atoms. The van der Waals surface area contributed by atoms with Gasteiger partial charge in [0.1, 0.15) is 5.82 Å². The highest BCUT2D eigenvalue weighted by atomic mass is 16.5. The molecule has 1 saturated carbocycles.